The van der Waals surface area contributed by atoms with Crippen molar-refractivity contribution in [3.8, 4) is 0 Å². The maximum Gasteiger partial charge on any atom is 0.0615 e. The lowest BCUT2D eigenvalue weighted by molar-refractivity contribution is -0.0165. The Morgan fingerprint density at radius 3 is 2.58 bits per heavy atom. The zero-order valence-electron chi connectivity index (χ0n) is 13.0. The van der Waals surface area contributed by atoms with Crippen LogP contribution >= 0.6 is 0 Å². The average Bonchev–Trinajstić information content (AvgIpc) is 3.24. The number of likely N-dealkylation sites (N-methyl/N-ethyl adjacent to an activating group) is 1. The standard InChI is InChI=1S/C16H32N2O/c1-4-18(13(2)11-19-3)16(12-17)9-5-6-15(10-16)14-7-8-14/h13-15H,4-12,17H2,1-3H3. The molecule has 2 aliphatic rings. The van der Waals surface area contributed by atoms with E-state index in [1.807, 2.05) is 0 Å². The fourth-order valence-electron chi connectivity index (χ4n) is 4.36. The van der Waals surface area contributed by atoms with Crippen LogP contribution in [0.3, 0.4) is 0 Å². The maximum atomic E-state index is 6.25. The molecule has 0 aromatic heterocycles. The van der Waals surface area contributed by atoms with Crippen LogP contribution in [0.2, 0.25) is 0 Å². The van der Waals surface area contributed by atoms with Crippen molar-refractivity contribution >= 4 is 0 Å². The maximum absolute atomic E-state index is 6.25. The van der Waals surface area contributed by atoms with Crippen LogP contribution in [0.5, 0.6) is 0 Å². The molecule has 2 fully saturated rings. The second-order valence-electron chi connectivity index (χ2n) is 6.71. The first-order chi connectivity index (χ1) is 9.16. The summed E-state index contributed by atoms with van der Waals surface area (Å²) in [7, 11) is 1.80. The molecule has 3 heteroatoms. The fourth-order valence-corrected chi connectivity index (χ4v) is 4.36. The number of ether oxygens (including phenoxy) is 1. The molecule has 2 N–H and O–H groups in total. The van der Waals surface area contributed by atoms with E-state index in [2.05, 4.69) is 18.7 Å². The highest BCUT2D eigenvalue weighted by atomic mass is 16.5. The SMILES string of the molecule is CCN(C(C)COC)C1(CN)CCCC(C2CC2)C1. The lowest BCUT2D eigenvalue weighted by atomic mass is 9.72. The molecule has 3 nitrogen and oxygen atoms in total. The predicted octanol–water partition coefficient (Wildman–Crippen LogP) is 2.64. The van der Waals surface area contributed by atoms with Crippen molar-refractivity contribution in [1.82, 2.24) is 4.90 Å². The summed E-state index contributed by atoms with van der Waals surface area (Å²) >= 11 is 0. The Kier molecular flexibility index (Phi) is 5.27. The molecule has 0 bridgehead atoms. The monoisotopic (exact) mass is 268 g/mol. The number of methoxy groups -OCH3 is 1. The third kappa shape index (κ3) is 3.32. The molecule has 2 aliphatic carbocycles. The fraction of sp³-hybridized carbons (Fsp3) is 1.00. The first-order valence-electron chi connectivity index (χ1n) is 8.12. The van der Waals surface area contributed by atoms with Crippen LogP contribution in [0.15, 0.2) is 0 Å². The molecular formula is C16H32N2O. The Bertz CT molecular complexity index is 280. The van der Waals surface area contributed by atoms with Crippen LogP contribution in [0.4, 0.5) is 0 Å². The van der Waals surface area contributed by atoms with E-state index in [4.69, 9.17) is 10.5 Å². The van der Waals surface area contributed by atoms with Crippen LogP contribution in [0.25, 0.3) is 0 Å². The largest absolute Gasteiger partial charge is 0.383 e. The summed E-state index contributed by atoms with van der Waals surface area (Å²) in [5.74, 6) is 1.95. The van der Waals surface area contributed by atoms with Gasteiger partial charge in [0.2, 0.25) is 0 Å². The van der Waals surface area contributed by atoms with E-state index in [0.29, 0.717) is 6.04 Å². The molecule has 0 aromatic rings. The second-order valence-corrected chi connectivity index (χ2v) is 6.71. The average molecular weight is 268 g/mol. The summed E-state index contributed by atoms with van der Waals surface area (Å²) in [4.78, 5) is 2.63. The van der Waals surface area contributed by atoms with Crippen molar-refractivity contribution in [3.05, 3.63) is 0 Å². The molecule has 112 valence electrons. The molecule has 0 heterocycles. The third-order valence-corrected chi connectivity index (χ3v) is 5.42. The highest BCUT2D eigenvalue weighted by Gasteiger charge is 2.45. The molecule has 2 rings (SSSR count). The minimum absolute atomic E-state index is 0.234. The van der Waals surface area contributed by atoms with Crippen molar-refractivity contribution < 1.29 is 4.74 Å². The summed E-state index contributed by atoms with van der Waals surface area (Å²) in [5.41, 5.74) is 6.48. The van der Waals surface area contributed by atoms with Gasteiger partial charge in [-0.2, -0.15) is 0 Å². The lowest BCUT2D eigenvalue weighted by Gasteiger charge is -2.50. The highest BCUT2D eigenvalue weighted by Crippen LogP contribution is 2.48. The quantitative estimate of drug-likeness (QED) is 0.771. The topological polar surface area (TPSA) is 38.5 Å². The van der Waals surface area contributed by atoms with Crippen molar-refractivity contribution in [2.24, 2.45) is 17.6 Å². The number of hydrogen-bond donors (Lipinski definition) is 1. The molecule has 0 radical (unpaired) electrons. The van der Waals surface area contributed by atoms with Gasteiger partial charge in [0.1, 0.15) is 0 Å². The van der Waals surface area contributed by atoms with Gasteiger partial charge in [-0.3, -0.25) is 4.90 Å². The molecule has 2 saturated carbocycles. The normalized spacial score (nSPS) is 33.6. The molecular weight excluding hydrogens is 236 g/mol. The summed E-state index contributed by atoms with van der Waals surface area (Å²) < 4.78 is 5.37. The van der Waals surface area contributed by atoms with Gasteiger partial charge in [-0.05, 0) is 51.0 Å². The summed E-state index contributed by atoms with van der Waals surface area (Å²) in [6, 6.07) is 0.469. The summed E-state index contributed by atoms with van der Waals surface area (Å²) in [5, 5.41) is 0. The van der Waals surface area contributed by atoms with E-state index >= 15 is 0 Å². The van der Waals surface area contributed by atoms with Gasteiger partial charge in [0, 0.05) is 25.2 Å². The predicted molar refractivity (Wildman–Crippen MR) is 80.2 cm³/mol. The van der Waals surface area contributed by atoms with E-state index in [1.54, 1.807) is 7.11 Å². The van der Waals surface area contributed by atoms with Crippen LogP contribution in [0, 0.1) is 11.8 Å². The number of hydrogen-bond acceptors (Lipinski definition) is 3. The van der Waals surface area contributed by atoms with Gasteiger partial charge in [-0.15, -0.1) is 0 Å². The van der Waals surface area contributed by atoms with Crippen molar-refractivity contribution in [2.75, 3.05) is 26.8 Å². The smallest absolute Gasteiger partial charge is 0.0615 e. The van der Waals surface area contributed by atoms with Gasteiger partial charge in [0.05, 0.1) is 6.61 Å². The van der Waals surface area contributed by atoms with Gasteiger partial charge >= 0.3 is 0 Å². The molecule has 0 saturated heterocycles. The zero-order valence-corrected chi connectivity index (χ0v) is 13.0. The Labute approximate surface area is 118 Å². The van der Waals surface area contributed by atoms with E-state index in [0.717, 1.165) is 31.5 Å². The van der Waals surface area contributed by atoms with Crippen LogP contribution in [0.1, 0.15) is 52.4 Å². The highest BCUT2D eigenvalue weighted by molar-refractivity contribution is 5.00. The van der Waals surface area contributed by atoms with Crippen molar-refractivity contribution in [3.63, 3.8) is 0 Å². The van der Waals surface area contributed by atoms with Crippen molar-refractivity contribution in [2.45, 2.75) is 64.0 Å². The van der Waals surface area contributed by atoms with Gasteiger partial charge in [0.15, 0.2) is 0 Å². The minimum Gasteiger partial charge on any atom is -0.383 e. The molecule has 0 amide bonds. The van der Waals surface area contributed by atoms with Gasteiger partial charge < -0.3 is 10.5 Å². The van der Waals surface area contributed by atoms with Crippen LogP contribution in [-0.4, -0.2) is 43.3 Å². The van der Waals surface area contributed by atoms with Gasteiger partial charge in [0.25, 0.3) is 0 Å². The van der Waals surface area contributed by atoms with Gasteiger partial charge in [-0.25, -0.2) is 0 Å². The van der Waals surface area contributed by atoms with E-state index in [9.17, 15) is 0 Å². The van der Waals surface area contributed by atoms with E-state index < -0.39 is 0 Å². The zero-order chi connectivity index (χ0) is 13.9. The Hall–Kier alpha value is -0.120. The first-order valence-corrected chi connectivity index (χ1v) is 8.12. The molecule has 0 aromatic carbocycles. The Morgan fingerprint density at radius 1 is 1.32 bits per heavy atom. The van der Waals surface area contributed by atoms with Crippen LogP contribution < -0.4 is 5.73 Å². The lowest BCUT2D eigenvalue weighted by Crippen LogP contribution is -2.60. The van der Waals surface area contributed by atoms with Gasteiger partial charge in [-0.1, -0.05) is 19.8 Å². The molecule has 3 atom stereocenters. The van der Waals surface area contributed by atoms with E-state index in [1.165, 1.54) is 38.5 Å². The minimum atomic E-state index is 0.234. The molecule has 0 spiro atoms. The van der Waals surface area contributed by atoms with Crippen LogP contribution in [-0.2, 0) is 4.74 Å². The summed E-state index contributed by atoms with van der Waals surface area (Å²) in [6.45, 7) is 7.25. The second kappa shape index (κ2) is 6.55. The molecule has 0 aliphatic heterocycles. The van der Waals surface area contributed by atoms with E-state index in [-0.39, 0.29) is 5.54 Å². The molecule has 19 heavy (non-hydrogen) atoms. The molecule has 3 unspecified atom stereocenters. The Balaban J connectivity index is 2.09. The number of rotatable bonds is 7. The summed E-state index contributed by atoms with van der Waals surface area (Å²) in [6.07, 6.45) is 8.30. The number of nitrogens with zero attached hydrogens (tertiary/aromatic N) is 1. The first kappa shape index (κ1) is 15.3. The van der Waals surface area contributed by atoms with Crippen molar-refractivity contribution in [1.29, 1.82) is 0 Å². The number of nitrogens with two attached hydrogens (primary N) is 1. The Morgan fingerprint density at radius 2 is 2.05 bits per heavy atom. The third-order valence-electron chi connectivity index (χ3n) is 5.42.